The average Bonchev–Trinajstić information content (AvgIpc) is 2.56. The van der Waals surface area contributed by atoms with Crippen molar-refractivity contribution >= 4 is 31.9 Å². The highest BCUT2D eigenvalue weighted by molar-refractivity contribution is 9.11. The smallest absolute Gasteiger partial charge is 0.106 e. The molecule has 1 atom stereocenters. The Morgan fingerprint density at radius 3 is 2.33 bits per heavy atom. The molecule has 1 aromatic carbocycles. The first-order valence-electron chi connectivity index (χ1n) is 5.68. The SMILES string of the molecule is Cc1oc(C)c(C(N)c2cc(Br)ccc2Br)c1C. The Morgan fingerprint density at radius 2 is 1.78 bits per heavy atom. The summed E-state index contributed by atoms with van der Waals surface area (Å²) >= 11 is 7.03. The van der Waals surface area contributed by atoms with Crippen molar-refractivity contribution in [3.63, 3.8) is 0 Å². The Hall–Kier alpha value is -0.580. The van der Waals surface area contributed by atoms with Crippen molar-refractivity contribution in [1.29, 1.82) is 0 Å². The number of furan rings is 1. The van der Waals surface area contributed by atoms with Gasteiger partial charge in [0.05, 0.1) is 6.04 Å². The molecule has 1 heterocycles. The lowest BCUT2D eigenvalue weighted by molar-refractivity contribution is 0.498. The van der Waals surface area contributed by atoms with Gasteiger partial charge < -0.3 is 10.2 Å². The summed E-state index contributed by atoms with van der Waals surface area (Å²) in [5.74, 6) is 1.83. The maximum Gasteiger partial charge on any atom is 0.106 e. The Balaban J connectivity index is 2.54. The second kappa shape index (κ2) is 5.19. The van der Waals surface area contributed by atoms with Gasteiger partial charge in [-0.3, -0.25) is 0 Å². The number of benzene rings is 1. The molecular weight excluding hydrogens is 358 g/mol. The lowest BCUT2D eigenvalue weighted by atomic mass is 9.96. The predicted molar refractivity (Wildman–Crippen MR) is 80.8 cm³/mol. The van der Waals surface area contributed by atoms with Crippen LogP contribution in [-0.2, 0) is 0 Å². The number of nitrogens with two attached hydrogens (primary N) is 1. The molecule has 1 aromatic heterocycles. The Bertz CT molecular complexity index is 590. The van der Waals surface area contributed by atoms with Gasteiger partial charge in [0, 0.05) is 14.5 Å². The normalized spacial score (nSPS) is 12.8. The molecule has 2 rings (SSSR count). The molecule has 0 saturated heterocycles. The minimum Gasteiger partial charge on any atom is -0.466 e. The average molecular weight is 373 g/mol. The summed E-state index contributed by atoms with van der Waals surface area (Å²) in [6, 6.07) is 5.84. The van der Waals surface area contributed by atoms with Crippen LogP contribution in [0.15, 0.2) is 31.6 Å². The molecule has 0 amide bonds. The van der Waals surface area contributed by atoms with Crippen molar-refractivity contribution in [2.75, 3.05) is 0 Å². The van der Waals surface area contributed by atoms with E-state index in [-0.39, 0.29) is 6.04 Å². The van der Waals surface area contributed by atoms with E-state index in [1.165, 1.54) is 0 Å². The van der Waals surface area contributed by atoms with Gasteiger partial charge in [-0.15, -0.1) is 0 Å². The molecule has 0 bridgehead atoms. The first-order valence-corrected chi connectivity index (χ1v) is 7.27. The van der Waals surface area contributed by atoms with Crippen LogP contribution in [-0.4, -0.2) is 0 Å². The fourth-order valence-corrected chi connectivity index (χ4v) is 3.05. The zero-order valence-corrected chi connectivity index (χ0v) is 13.7. The maximum atomic E-state index is 6.39. The van der Waals surface area contributed by atoms with Crippen molar-refractivity contribution in [2.45, 2.75) is 26.8 Å². The van der Waals surface area contributed by atoms with Gasteiger partial charge in [0.15, 0.2) is 0 Å². The zero-order chi connectivity index (χ0) is 13.4. The van der Waals surface area contributed by atoms with Crippen LogP contribution in [0.5, 0.6) is 0 Å². The third kappa shape index (κ3) is 2.42. The molecule has 18 heavy (non-hydrogen) atoms. The Morgan fingerprint density at radius 1 is 1.11 bits per heavy atom. The van der Waals surface area contributed by atoms with E-state index < -0.39 is 0 Å². The van der Waals surface area contributed by atoms with Crippen molar-refractivity contribution in [1.82, 2.24) is 0 Å². The van der Waals surface area contributed by atoms with Crippen LogP contribution in [0.4, 0.5) is 0 Å². The molecule has 0 spiro atoms. The fourth-order valence-electron chi connectivity index (χ4n) is 2.18. The lowest BCUT2D eigenvalue weighted by Crippen LogP contribution is -2.14. The Kier molecular flexibility index (Phi) is 3.99. The summed E-state index contributed by atoms with van der Waals surface area (Å²) in [4.78, 5) is 0. The fraction of sp³-hybridized carbons (Fsp3) is 0.286. The van der Waals surface area contributed by atoms with Gasteiger partial charge in [-0.05, 0) is 50.1 Å². The molecule has 2 nitrogen and oxygen atoms in total. The van der Waals surface area contributed by atoms with Crippen LogP contribution in [0.2, 0.25) is 0 Å². The molecule has 0 radical (unpaired) electrons. The number of aryl methyl sites for hydroxylation is 2. The van der Waals surface area contributed by atoms with Gasteiger partial charge >= 0.3 is 0 Å². The van der Waals surface area contributed by atoms with E-state index in [0.717, 1.165) is 37.2 Å². The molecule has 4 heteroatoms. The Labute approximate surface area is 124 Å². The van der Waals surface area contributed by atoms with E-state index in [9.17, 15) is 0 Å². The minimum atomic E-state index is -0.186. The minimum absolute atomic E-state index is 0.186. The second-order valence-electron chi connectivity index (χ2n) is 4.40. The quantitative estimate of drug-likeness (QED) is 0.823. The summed E-state index contributed by atoms with van der Waals surface area (Å²) in [6.45, 7) is 5.97. The van der Waals surface area contributed by atoms with Crippen LogP contribution < -0.4 is 5.73 Å². The number of halogens is 2. The van der Waals surface area contributed by atoms with Crippen molar-refractivity contribution in [3.05, 3.63) is 55.4 Å². The third-order valence-electron chi connectivity index (χ3n) is 3.22. The predicted octanol–water partition coefficient (Wildman–Crippen LogP) is 4.78. The zero-order valence-electron chi connectivity index (χ0n) is 10.6. The van der Waals surface area contributed by atoms with E-state index in [1.54, 1.807) is 0 Å². The second-order valence-corrected chi connectivity index (χ2v) is 6.17. The highest BCUT2D eigenvalue weighted by atomic mass is 79.9. The molecular formula is C14H15Br2NO. The van der Waals surface area contributed by atoms with Gasteiger partial charge in [-0.2, -0.15) is 0 Å². The van der Waals surface area contributed by atoms with Crippen molar-refractivity contribution in [2.24, 2.45) is 5.73 Å². The molecule has 2 N–H and O–H groups in total. The largest absolute Gasteiger partial charge is 0.466 e. The molecule has 0 fully saturated rings. The monoisotopic (exact) mass is 371 g/mol. The molecule has 96 valence electrons. The summed E-state index contributed by atoms with van der Waals surface area (Å²) in [6.07, 6.45) is 0. The number of rotatable bonds is 2. The van der Waals surface area contributed by atoms with Gasteiger partial charge in [-0.1, -0.05) is 31.9 Å². The summed E-state index contributed by atoms with van der Waals surface area (Å²) in [5, 5.41) is 0. The first kappa shape index (κ1) is 13.8. The molecule has 0 saturated carbocycles. The van der Waals surface area contributed by atoms with Gasteiger partial charge in [0.2, 0.25) is 0 Å². The molecule has 0 aliphatic rings. The van der Waals surface area contributed by atoms with Crippen LogP contribution in [0, 0.1) is 20.8 Å². The van der Waals surface area contributed by atoms with Crippen LogP contribution in [0.1, 0.15) is 34.3 Å². The van der Waals surface area contributed by atoms with E-state index in [2.05, 4.69) is 31.9 Å². The van der Waals surface area contributed by atoms with Crippen molar-refractivity contribution < 1.29 is 4.42 Å². The number of hydrogen-bond acceptors (Lipinski definition) is 2. The van der Waals surface area contributed by atoms with E-state index in [0.29, 0.717) is 0 Å². The lowest BCUT2D eigenvalue weighted by Gasteiger charge is -2.15. The summed E-state index contributed by atoms with van der Waals surface area (Å²) < 4.78 is 7.68. The molecule has 1 unspecified atom stereocenters. The molecule has 0 aliphatic heterocycles. The maximum absolute atomic E-state index is 6.39. The van der Waals surface area contributed by atoms with Crippen LogP contribution in [0.25, 0.3) is 0 Å². The topological polar surface area (TPSA) is 39.2 Å². The van der Waals surface area contributed by atoms with Gasteiger partial charge in [0.25, 0.3) is 0 Å². The van der Waals surface area contributed by atoms with E-state index in [1.807, 2.05) is 39.0 Å². The van der Waals surface area contributed by atoms with Crippen LogP contribution >= 0.6 is 31.9 Å². The highest BCUT2D eigenvalue weighted by Crippen LogP contribution is 2.34. The third-order valence-corrected chi connectivity index (χ3v) is 4.44. The van der Waals surface area contributed by atoms with Gasteiger partial charge in [0.1, 0.15) is 11.5 Å². The highest BCUT2D eigenvalue weighted by Gasteiger charge is 2.21. The molecule has 0 aliphatic carbocycles. The van der Waals surface area contributed by atoms with Crippen LogP contribution in [0.3, 0.4) is 0 Å². The summed E-state index contributed by atoms with van der Waals surface area (Å²) in [5.41, 5.74) is 9.65. The first-order chi connectivity index (χ1) is 8.41. The molecule has 2 aromatic rings. The van der Waals surface area contributed by atoms with E-state index in [4.69, 9.17) is 10.2 Å². The standard InChI is InChI=1S/C14H15Br2NO/c1-7-8(2)18-9(3)13(7)14(17)11-6-10(15)4-5-12(11)16/h4-6,14H,17H2,1-3H3. The number of hydrogen-bond donors (Lipinski definition) is 1. The van der Waals surface area contributed by atoms with E-state index >= 15 is 0 Å². The summed E-state index contributed by atoms with van der Waals surface area (Å²) in [7, 11) is 0. The van der Waals surface area contributed by atoms with Crippen molar-refractivity contribution in [3.8, 4) is 0 Å². The van der Waals surface area contributed by atoms with Gasteiger partial charge in [-0.25, -0.2) is 0 Å².